The molecule has 96 valence electrons. The third-order valence-corrected chi connectivity index (χ3v) is 3.45. The number of hydrogen-bond acceptors (Lipinski definition) is 4. The molecule has 18 heavy (non-hydrogen) atoms. The number of aliphatic hydroxyl groups is 1. The second-order valence-corrected chi connectivity index (χ2v) is 4.86. The number of rotatable bonds is 6. The number of thioether (sulfide) groups is 1. The van der Waals surface area contributed by atoms with Crippen molar-refractivity contribution in [1.82, 2.24) is 4.90 Å². The number of amides is 1. The largest absolute Gasteiger partial charge is 0.392 e. The van der Waals surface area contributed by atoms with Crippen LogP contribution >= 0.6 is 11.8 Å². The van der Waals surface area contributed by atoms with Crippen LogP contribution in [0.4, 0.5) is 0 Å². The highest BCUT2D eigenvalue weighted by Crippen LogP contribution is 2.18. The van der Waals surface area contributed by atoms with Gasteiger partial charge in [0.1, 0.15) is 0 Å². The fraction of sp³-hybridized carbons (Fsp3) is 0.385. The SMILES string of the molecule is CN(CCC#N)C(=O)CSc1ccc(CO)cc1. The maximum Gasteiger partial charge on any atom is 0.232 e. The van der Waals surface area contributed by atoms with Crippen LogP contribution in [0.5, 0.6) is 0 Å². The minimum absolute atomic E-state index is 0.0153. The molecule has 1 rings (SSSR count). The molecule has 0 fully saturated rings. The molecule has 0 unspecified atom stereocenters. The lowest BCUT2D eigenvalue weighted by molar-refractivity contribution is -0.127. The number of carbonyl (C=O) groups is 1. The van der Waals surface area contributed by atoms with E-state index in [2.05, 4.69) is 0 Å². The van der Waals surface area contributed by atoms with Gasteiger partial charge in [-0.15, -0.1) is 11.8 Å². The van der Waals surface area contributed by atoms with E-state index in [0.29, 0.717) is 18.7 Å². The van der Waals surface area contributed by atoms with E-state index in [0.717, 1.165) is 10.5 Å². The first-order valence-electron chi connectivity index (χ1n) is 5.61. The topological polar surface area (TPSA) is 64.3 Å². The van der Waals surface area contributed by atoms with Gasteiger partial charge < -0.3 is 10.0 Å². The molecule has 0 bridgehead atoms. The molecule has 0 spiro atoms. The minimum Gasteiger partial charge on any atom is -0.392 e. The quantitative estimate of drug-likeness (QED) is 0.793. The Hall–Kier alpha value is -1.51. The number of nitriles is 1. The normalized spacial score (nSPS) is 9.83. The Labute approximate surface area is 111 Å². The van der Waals surface area contributed by atoms with Gasteiger partial charge >= 0.3 is 0 Å². The Kier molecular flexibility index (Phi) is 6.26. The number of aliphatic hydroxyl groups excluding tert-OH is 1. The third-order valence-electron chi connectivity index (χ3n) is 2.45. The number of hydrogen-bond donors (Lipinski definition) is 1. The molecule has 1 N–H and O–H groups in total. The van der Waals surface area contributed by atoms with Crippen molar-refractivity contribution in [3.8, 4) is 6.07 Å². The van der Waals surface area contributed by atoms with Crippen molar-refractivity contribution in [2.75, 3.05) is 19.3 Å². The first-order valence-corrected chi connectivity index (χ1v) is 6.59. The molecule has 0 aliphatic carbocycles. The summed E-state index contributed by atoms with van der Waals surface area (Å²) in [5, 5.41) is 17.3. The van der Waals surface area contributed by atoms with Gasteiger partial charge in [0.05, 0.1) is 24.8 Å². The minimum atomic E-state index is 0.0153. The number of carbonyl (C=O) groups excluding carboxylic acids is 1. The molecule has 0 saturated carbocycles. The van der Waals surface area contributed by atoms with E-state index in [9.17, 15) is 4.79 Å². The molecular formula is C13H16N2O2S. The van der Waals surface area contributed by atoms with Crippen molar-refractivity contribution in [2.45, 2.75) is 17.9 Å². The van der Waals surface area contributed by atoms with E-state index < -0.39 is 0 Å². The predicted molar refractivity (Wildman–Crippen MR) is 71.0 cm³/mol. The molecule has 0 heterocycles. The number of benzene rings is 1. The van der Waals surface area contributed by atoms with Crippen molar-refractivity contribution in [3.63, 3.8) is 0 Å². The molecule has 1 aromatic carbocycles. The molecule has 4 nitrogen and oxygen atoms in total. The molecule has 0 aliphatic rings. The van der Waals surface area contributed by atoms with Gasteiger partial charge in [0.25, 0.3) is 0 Å². The van der Waals surface area contributed by atoms with E-state index in [1.807, 2.05) is 30.3 Å². The Balaban J connectivity index is 2.39. The van der Waals surface area contributed by atoms with Gasteiger partial charge in [0.15, 0.2) is 0 Å². The lowest BCUT2D eigenvalue weighted by Crippen LogP contribution is -2.29. The summed E-state index contributed by atoms with van der Waals surface area (Å²) in [6.07, 6.45) is 0.359. The summed E-state index contributed by atoms with van der Waals surface area (Å²) >= 11 is 1.45. The van der Waals surface area contributed by atoms with Gasteiger partial charge in [-0.1, -0.05) is 12.1 Å². The van der Waals surface area contributed by atoms with Gasteiger partial charge in [0.2, 0.25) is 5.91 Å². The van der Waals surface area contributed by atoms with Crippen LogP contribution in [0.3, 0.4) is 0 Å². The Morgan fingerprint density at radius 2 is 2.11 bits per heavy atom. The lowest BCUT2D eigenvalue weighted by Gasteiger charge is -2.14. The summed E-state index contributed by atoms with van der Waals surface area (Å²) < 4.78 is 0. The summed E-state index contributed by atoms with van der Waals surface area (Å²) in [5.74, 6) is 0.377. The Morgan fingerprint density at radius 1 is 1.44 bits per heavy atom. The maximum absolute atomic E-state index is 11.7. The fourth-order valence-electron chi connectivity index (χ4n) is 1.29. The first-order chi connectivity index (χ1) is 8.67. The fourth-order valence-corrected chi connectivity index (χ4v) is 2.13. The number of nitrogens with zero attached hydrogens (tertiary/aromatic N) is 2. The van der Waals surface area contributed by atoms with Crippen molar-refractivity contribution in [3.05, 3.63) is 29.8 Å². The van der Waals surface area contributed by atoms with Crippen LogP contribution < -0.4 is 0 Å². The summed E-state index contributed by atoms with van der Waals surface area (Å²) in [6.45, 7) is 0.500. The molecule has 0 atom stereocenters. The van der Waals surface area contributed by atoms with E-state index in [-0.39, 0.29) is 12.5 Å². The van der Waals surface area contributed by atoms with Crippen molar-refractivity contribution < 1.29 is 9.90 Å². The molecule has 0 saturated heterocycles. The molecular weight excluding hydrogens is 248 g/mol. The van der Waals surface area contributed by atoms with Crippen LogP contribution in [0, 0.1) is 11.3 Å². The summed E-state index contributed by atoms with van der Waals surface area (Å²) in [6, 6.07) is 9.47. The van der Waals surface area contributed by atoms with Gasteiger partial charge in [-0.05, 0) is 17.7 Å². The zero-order valence-corrected chi connectivity index (χ0v) is 11.1. The second kappa shape index (κ2) is 7.75. The van der Waals surface area contributed by atoms with Crippen LogP contribution in [0.2, 0.25) is 0 Å². The highest BCUT2D eigenvalue weighted by atomic mass is 32.2. The van der Waals surface area contributed by atoms with Crippen LogP contribution in [0.15, 0.2) is 29.2 Å². The molecule has 0 aromatic heterocycles. The van der Waals surface area contributed by atoms with Crippen LogP contribution in [0.1, 0.15) is 12.0 Å². The van der Waals surface area contributed by atoms with Gasteiger partial charge in [-0.25, -0.2) is 0 Å². The van der Waals surface area contributed by atoms with Gasteiger partial charge in [0, 0.05) is 18.5 Å². The van der Waals surface area contributed by atoms with Crippen LogP contribution in [-0.4, -0.2) is 35.3 Å². The second-order valence-electron chi connectivity index (χ2n) is 3.81. The predicted octanol–water partition coefficient (Wildman–Crippen LogP) is 1.64. The summed E-state index contributed by atoms with van der Waals surface area (Å²) in [4.78, 5) is 14.3. The van der Waals surface area contributed by atoms with E-state index in [4.69, 9.17) is 10.4 Å². The first kappa shape index (κ1) is 14.6. The summed E-state index contributed by atoms with van der Waals surface area (Å²) in [7, 11) is 1.70. The van der Waals surface area contributed by atoms with Crippen molar-refractivity contribution >= 4 is 17.7 Å². The Morgan fingerprint density at radius 3 is 2.67 bits per heavy atom. The van der Waals surface area contributed by atoms with Gasteiger partial charge in [-0.2, -0.15) is 5.26 Å². The third kappa shape index (κ3) is 4.78. The smallest absolute Gasteiger partial charge is 0.232 e. The highest BCUT2D eigenvalue weighted by molar-refractivity contribution is 8.00. The highest BCUT2D eigenvalue weighted by Gasteiger charge is 2.08. The standard InChI is InChI=1S/C13H16N2O2S/c1-15(8-2-7-14)13(17)10-18-12-5-3-11(9-16)4-6-12/h3-6,16H,2,8-10H2,1H3. The molecule has 1 amide bonds. The Bertz CT molecular complexity index is 426. The average Bonchev–Trinajstić information content (AvgIpc) is 2.42. The van der Waals surface area contributed by atoms with Crippen molar-refractivity contribution in [1.29, 1.82) is 5.26 Å². The lowest BCUT2D eigenvalue weighted by atomic mass is 10.2. The van der Waals surface area contributed by atoms with E-state index in [1.165, 1.54) is 11.8 Å². The molecule has 1 aromatic rings. The van der Waals surface area contributed by atoms with Crippen LogP contribution in [-0.2, 0) is 11.4 Å². The zero-order chi connectivity index (χ0) is 13.4. The molecule has 5 heteroatoms. The van der Waals surface area contributed by atoms with E-state index in [1.54, 1.807) is 11.9 Å². The monoisotopic (exact) mass is 264 g/mol. The van der Waals surface area contributed by atoms with E-state index >= 15 is 0 Å². The summed E-state index contributed by atoms with van der Waals surface area (Å²) in [5.41, 5.74) is 0.858. The molecule has 0 aliphatic heterocycles. The average molecular weight is 264 g/mol. The zero-order valence-electron chi connectivity index (χ0n) is 10.3. The van der Waals surface area contributed by atoms with Gasteiger partial charge in [-0.3, -0.25) is 4.79 Å². The molecule has 0 radical (unpaired) electrons. The van der Waals surface area contributed by atoms with Crippen LogP contribution in [0.25, 0.3) is 0 Å². The van der Waals surface area contributed by atoms with Crippen molar-refractivity contribution in [2.24, 2.45) is 0 Å². The maximum atomic E-state index is 11.7.